The highest BCUT2D eigenvalue weighted by molar-refractivity contribution is 7.92. The Hall–Kier alpha value is -2.08. The zero-order valence-electron chi connectivity index (χ0n) is 19.0. The minimum Gasteiger partial charge on any atom is -0.492 e. The number of aromatic nitrogens is 3. The van der Waals surface area contributed by atoms with Crippen molar-refractivity contribution in [3.8, 4) is 5.75 Å². The van der Waals surface area contributed by atoms with Crippen molar-refractivity contribution in [2.45, 2.75) is 32.6 Å². The average molecular weight is 465 g/mol. The molecule has 0 aliphatic carbocycles. The molecule has 2 saturated heterocycles. The van der Waals surface area contributed by atoms with Crippen molar-refractivity contribution in [1.82, 2.24) is 19.4 Å². The molecule has 2 aliphatic heterocycles. The number of piperidine rings is 1. The van der Waals surface area contributed by atoms with Crippen molar-refractivity contribution in [1.29, 1.82) is 0 Å². The van der Waals surface area contributed by atoms with Crippen LogP contribution in [0.3, 0.4) is 0 Å². The van der Waals surface area contributed by atoms with Gasteiger partial charge in [0.15, 0.2) is 5.82 Å². The standard InChI is InChI=1S/C21H32N6O4S/c1-16(2)20-23-21(30-24-20)26-8-6-17(7-9-26)15-29-18-4-5-19(22-14-18)25-10-12-27(13-11-25)32-31-28-3/h4-5,14,16-17H,6-13,15H2,1-3H3. The molecule has 0 saturated carbocycles. The van der Waals surface area contributed by atoms with E-state index < -0.39 is 0 Å². The topological polar surface area (TPSA) is 89.2 Å². The van der Waals surface area contributed by atoms with Crippen LogP contribution in [-0.4, -0.2) is 72.4 Å². The van der Waals surface area contributed by atoms with Crippen LogP contribution in [0.2, 0.25) is 0 Å². The van der Waals surface area contributed by atoms with Gasteiger partial charge in [0.25, 0.3) is 0 Å². The summed E-state index contributed by atoms with van der Waals surface area (Å²) in [5, 5.41) is 4.07. The first-order valence-corrected chi connectivity index (χ1v) is 11.9. The maximum Gasteiger partial charge on any atom is 0.324 e. The largest absolute Gasteiger partial charge is 0.492 e. The van der Waals surface area contributed by atoms with E-state index in [0.29, 0.717) is 18.5 Å². The molecule has 2 aliphatic rings. The molecule has 0 N–H and O–H groups in total. The van der Waals surface area contributed by atoms with Crippen LogP contribution >= 0.6 is 12.2 Å². The molecule has 4 rings (SSSR count). The highest BCUT2D eigenvalue weighted by Crippen LogP contribution is 2.25. The third kappa shape index (κ3) is 6.03. The van der Waals surface area contributed by atoms with Gasteiger partial charge in [-0.2, -0.15) is 4.98 Å². The van der Waals surface area contributed by atoms with E-state index in [4.69, 9.17) is 13.6 Å². The van der Waals surface area contributed by atoms with Gasteiger partial charge in [0, 0.05) is 45.2 Å². The third-order valence-electron chi connectivity index (χ3n) is 5.81. The van der Waals surface area contributed by atoms with Crippen LogP contribution in [0.5, 0.6) is 5.75 Å². The zero-order valence-corrected chi connectivity index (χ0v) is 19.8. The maximum atomic E-state index is 6.03. The van der Waals surface area contributed by atoms with Crippen molar-refractivity contribution >= 4 is 24.1 Å². The first-order chi connectivity index (χ1) is 15.6. The molecule has 0 amide bonds. The third-order valence-corrected chi connectivity index (χ3v) is 6.58. The molecule has 4 heterocycles. The lowest BCUT2D eigenvalue weighted by Gasteiger charge is -2.33. The summed E-state index contributed by atoms with van der Waals surface area (Å²) in [4.78, 5) is 18.2. The van der Waals surface area contributed by atoms with Gasteiger partial charge in [0.05, 0.1) is 19.9 Å². The number of piperazine rings is 1. The number of hydrogen-bond donors (Lipinski definition) is 0. The van der Waals surface area contributed by atoms with Crippen molar-refractivity contribution in [3.05, 3.63) is 24.2 Å². The predicted octanol–water partition coefficient (Wildman–Crippen LogP) is 3.15. The summed E-state index contributed by atoms with van der Waals surface area (Å²) in [6.07, 6.45) is 3.91. The molecule has 2 fully saturated rings. The Balaban J connectivity index is 1.18. The van der Waals surface area contributed by atoms with Gasteiger partial charge in [-0.3, -0.25) is 0 Å². The molecule has 2 aromatic rings. The molecule has 2 aromatic heterocycles. The monoisotopic (exact) mass is 464 g/mol. The summed E-state index contributed by atoms with van der Waals surface area (Å²) < 4.78 is 18.5. The molecule has 0 atom stereocenters. The molecule has 10 nitrogen and oxygen atoms in total. The minimum absolute atomic E-state index is 0.276. The maximum absolute atomic E-state index is 6.03. The van der Waals surface area contributed by atoms with E-state index in [1.165, 1.54) is 19.3 Å². The van der Waals surface area contributed by atoms with Crippen molar-refractivity contribution in [2.75, 3.05) is 62.8 Å². The molecule has 0 spiro atoms. The zero-order chi connectivity index (χ0) is 22.3. The quantitative estimate of drug-likeness (QED) is 0.237. The highest BCUT2D eigenvalue weighted by Gasteiger charge is 2.24. The second kappa shape index (κ2) is 11.2. The molecule has 0 aromatic carbocycles. The second-order valence-corrected chi connectivity index (χ2v) is 9.21. The number of rotatable bonds is 9. The smallest absolute Gasteiger partial charge is 0.324 e. The van der Waals surface area contributed by atoms with Crippen LogP contribution in [0.1, 0.15) is 38.4 Å². The summed E-state index contributed by atoms with van der Waals surface area (Å²) >= 11 is 1.25. The van der Waals surface area contributed by atoms with Gasteiger partial charge in [-0.25, -0.2) is 14.2 Å². The highest BCUT2D eigenvalue weighted by atomic mass is 32.2. The van der Waals surface area contributed by atoms with E-state index in [2.05, 4.69) is 48.0 Å². The van der Waals surface area contributed by atoms with Crippen LogP contribution < -0.4 is 14.5 Å². The summed E-state index contributed by atoms with van der Waals surface area (Å²) in [5.41, 5.74) is 0. The van der Waals surface area contributed by atoms with E-state index >= 15 is 0 Å². The fourth-order valence-electron chi connectivity index (χ4n) is 3.80. The van der Waals surface area contributed by atoms with E-state index in [1.807, 2.05) is 18.3 Å². The molecule has 176 valence electrons. The Labute approximate surface area is 193 Å². The molecular weight excluding hydrogens is 432 g/mol. The number of ether oxygens (including phenoxy) is 1. The fourth-order valence-corrected chi connectivity index (χ4v) is 4.26. The Kier molecular flexibility index (Phi) is 8.06. The van der Waals surface area contributed by atoms with E-state index in [-0.39, 0.29) is 5.92 Å². The normalized spacial score (nSPS) is 18.5. The summed E-state index contributed by atoms with van der Waals surface area (Å²) in [6, 6.07) is 4.69. The minimum atomic E-state index is 0.276. The Morgan fingerprint density at radius 2 is 1.88 bits per heavy atom. The number of anilines is 2. The van der Waals surface area contributed by atoms with E-state index in [0.717, 1.165) is 69.5 Å². The van der Waals surface area contributed by atoms with Gasteiger partial charge < -0.3 is 19.1 Å². The summed E-state index contributed by atoms with van der Waals surface area (Å²) in [6.45, 7) is 10.2. The van der Waals surface area contributed by atoms with Gasteiger partial charge >= 0.3 is 6.01 Å². The van der Waals surface area contributed by atoms with E-state index in [9.17, 15) is 0 Å². The van der Waals surface area contributed by atoms with Gasteiger partial charge in [-0.05, 0) is 30.9 Å². The van der Waals surface area contributed by atoms with Gasteiger partial charge in [-0.1, -0.05) is 19.0 Å². The second-order valence-electron chi connectivity index (χ2n) is 8.41. The van der Waals surface area contributed by atoms with Gasteiger partial charge in [0.2, 0.25) is 0 Å². The first kappa shape index (κ1) is 23.1. The van der Waals surface area contributed by atoms with Crippen LogP contribution in [-0.2, 0) is 9.22 Å². The lowest BCUT2D eigenvalue weighted by Crippen LogP contribution is -2.43. The molecule has 0 unspecified atom stereocenters. The molecule has 32 heavy (non-hydrogen) atoms. The van der Waals surface area contributed by atoms with Crippen molar-refractivity contribution < 1.29 is 18.5 Å². The number of pyridine rings is 1. The Morgan fingerprint density at radius 1 is 1.09 bits per heavy atom. The Bertz CT molecular complexity index is 820. The summed E-state index contributed by atoms with van der Waals surface area (Å²) in [7, 11) is 1.51. The molecular formula is C21H32N6O4S. The predicted molar refractivity (Wildman–Crippen MR) is 123 cm³/mol. The van der Waals surface area contributed by atoms with Crippen LogP contribution in [0.4, 0.5) is 11.8 Å². The molecule has 0 radical (unpaired) electrons. The number of hydrogen-bond acceptors (Lipinski definition) is 11. The average Bonchev–Trinajstić information content (AvgIpc) is 3.33. The first-order valence-electron chi connectivity index (χ1n) is 11.2. The molecule has 0 bridgehead atoms. The fraction of sp³-hybridized carbons (Fsp3) is 0.667. The number of nitrogens with zero attached hydrogens (tertiary/aromatic N) is 6. The van der Waals surface area contributed by atoms with Crippen molar-refractivity contribution in [2.24, 2.45) is 5.92 Å². The lowest BCUT2D eigenvalue weighted by atomic mass is 9.98. The van der Waals surface area contributed by atoms with Crippen LogP contribution in [0.15, 0.2) is 22.9 Å². The van der Waals surface area contributed by atoms with Gasteiger partial charge in [0.1, 0.15) is 23.8 Å². The van der Waals surface area contributed by atoms with Crippen molar-refractivity contribution in [3.63, 3.8) is 0 Å². The molecule has 11 heteroatoms. The summed E-state index contributed by atoms with van der Waals surface area (Å²) in [5.74, 6) is 3.35. The van der Waals surface area contributed by atoms with Crippen LogP contribution in [0.25, 0.3) is 0 Å². The van der Waals surface area contributed by atoms with E-state index in [1.54, 1.807) is 0 Å². The Morgan fingerprint density at radius 3 is 2.50 bits per heavy atom. The lowest BCUT2D eigenvalue weighted by molar-refractivity contribution is -0.163. The van der Waals surface area contributed by atoms with Gasteiger partial charge in [-0.15, -0.1) is 4.33 Å². The van der Waals surface area contributed by atoms with Crippen LogP contribution in [0, 0.1) is 5.92 Å². The SMILES string of the molecule is COOSN1CCN(c2ccc(OCC3CCN(c4nc(C(C)C)no4)CC3)cn2)CC1.